The number of hydrogen-bond acceptors (Lipinski definition) is 4. The molecule has 0 aliphatic rings. The predicted octanol–water partition coefficient (Wildman–Crippen LogP) is 2.64. The molecule has 0 fully saturated rings. The Kier molecular flexibility index (Phi) is 4.72. The summed E-state index contributed by atoms with van der Waals surface area (Å²) in [5.41, 5.74) is 0.736. The number of sulfonamides is 1. The molecule has 0 saturated carbocycles. The maximum atomic E-state index is 12.3. The average molecular weight is 328 g/mol. The van der Waals surface area contributed by atoms with Crippen LogP contribution in [0.3, 0.4) is 0 Å². The molecule has 0 aliphatic heterocycles. The van der Waals surface area contributed by atoms with Crippen LogP contribution in [0.1, 0.15) is 5.56 Å². The second-order valence-corrected chi connectivity index (χ2v) is 6.34. The molecule has 0 radical (unpaired) electrons. The molecule has 0 unspecified atom stereocenters. The van der Waals surface area contributed by atoms with E-state index in [-0.39, 0.29) is 11.5 Å². The van der Waals surface area contributed by atoms with Gasteiger partial charge >= 0.3 is 0 Å². The van der Waals surface area contributed by atoms with Gasteiger partial charge in [-0.3, -0.25) is 4.72 Å². The average Bonchev–Trinajstić information content (AvgIpc) is 2.47. The summed E-state index contributed by atoms with van der Waals surface area (Å²) in [5, 5.41) is 9.47. The molecular formula is C14H14ClNO4S. The van der Waals surface area contributed by atoms with Gasteiger partial charge in [0.25, 0.3) is 10.0 Å². The van der Waals surface area contributed by atoms with Crippen LogP contribution in [0, 0.1) is 0 Å². The third-order valence-corrected chi connectivity index (χ3v) is 4.57. The summed E-state index contributed by atoms with van der Waals surface area (Å²) >= 11 is 5.85. The molecule has 2 aromatic carbocycles. The number of aliphatic hydroxyl groups is 1. The molecule has 0 bridgehead atoms. The zero-order chi connectivity index (χ0) is 15.5. The van der Waals surface area contributed by atoms with Crippen molar-refractivity contribution in [3.8, 4) is 5.75 Å². The molecule has 2 rings (SSSR count). The van der Waals surface area contributed by atoms with Gasteiger partial charge in [0.05, 0.1) is 24.3 Å². The van der Waals surface area contributed by atoms with E-state index in [0.717, 1.165) is 0 Å². The first-order valence-electron chi connectivity index (χ1n) is 6.02. The quantitative estimate of drug-likeness (QED) is 0.885. The van der Waals surface area contributed by atoms with Gasteiger partial charge in [0, 0.05) is 11.1 Å². The van der Waals surface area contributed by atoms with E-state index in [1.807, 2.05) is 0 Å². The van der Waals surface area contributed by atoms with Crippen molar-refractivity contribution in [2.45, 2.75) is 11.5 Å². The number of nitrogens with one attached hydrogen (secondary N) is 1. The minimum atomic E-state index is -3.76. The normalized spacial score (nSPS) is 11.2. The van der Waals surface area contributed by atoms with E-state index >= 15 is 0 Å². The van der Waals surface area contributed by atoms with Crippen LogP contribution in [-0.4, -0.2) is 20.6 Å². The van der Waals surface area contributed by atoms with Gasteiger partial charge in [0.2, 0.25) is 0 Å². The van der Waals surface area contributed by atoms with Gasteiger partial charge in [-0.2, -0.15) is 0 Å². The van der Waals surface area contributed by atoms with Crippen LogP contribution < -0.4 is 9.46 Å². The molecule has 0 atom stereocenters. The van der Waals surface area contributed by atoms with E-state index in [2.05, 4.69) is 4.72 Å². The molecule has 0 heterocycles. The molecule has 0 saturated heterocycles. The maximum absolute atomic E-state index is 12.3. The lowest BCUT2D eigenvalue weighted by Gasteiger charge is -2.10. The number of anilines is 1. The summed E-state index contributed by atoms with van der Waals surface area (Å²) in [5.74, 6) is 0.544. The highest BCUT2D eigenvalue weighted by Crippen LogP contribution is 2.24. The molecule has 5 nitrogen and oxygen atoms in total. The number of methoxy groups -OCH3 is 1. The summed E-state index contributed by atoms with van der Waals surface area (Å²) in [4.78, 5) is 0.0266. The Hall–Kier alpha value is -1.76. The summed E-state index contributed by atoms with van der Waals surface area (Å²) in [7, 11) is -2.26. The lowest BCUT2D eigenvalue weighted by atomic mass is 10.2. The fourth-order valence-corrected chi connectivity index (χ4v) is 3.02. The molecule has 0 aromatic heterocycles. The van der Waals surface area contributed by atoms with Crippen molar-refractivity contribution >= 4 is 27.3 Å². The van der Waals surface area contributed by atoms with Gasteiger partial charge in [0.15, 0.2) is 0 Å². The van der Waals surface area contributed by atoms with Crippen LogP contribution in [0.25, 0.3) is 0 Å². The summed E-state index contributed by atoms with van der Waals surface area (Å²) in [6.07, 6.45) is 0. The number of benzene rings is 2. The van der Waals surface area contributed by atoms with Crippen LogP contribution in [-0.2, 0) is 16.6 Å². The van der Waals surface area contributed by atoms with E-state index in [4.69, 9.17) is 21.4 Å². The first-order valence-corrected chi connectivity index (χ1v) is 7.88. The third kappa shape index (κ3) is 3.66. The zero-order valence-electron chi connectivity index (χ0n) is 11.2. The topological polar surface area (TPSA) is 75.6 Å². The SMILES string of the molecule is COc1cccc(NS(=O)(=O)c2ccc(Cl)c(CO)c2)c1. The van der Waals surface area contributed by atoms with Gasteiger partial charge < -0.3 is 9.84 Å². The second kappa shape index (κ2) is 6.34. The van der Waals surface area contributed by atoms with Crippen molar-refractivity contribution in [1.82, 2.24) is 0 Å². The van der Waals surface area contributed by atoms with Crippen LogP contribution in [0.5, 0.6) is 5.75 Å². The monoisotopic (exact) mass is 327 g/mol. The minimum Gasteiger partial charge on any atom is -0.497 e. The maximum Gasteiger partial charge on any atom is 0.261 e. The fourth-order valence-electron chi connectivity index (χ4n) is 1.74. The Labute approximate surface area is 128 Å². The van der Waals surface area contributed by atoms with E-state index in [1.54, 1.807) is 24.3 Å². The van der Waals surface area contributed by atoms with Gasteiger partial charge in [-0.25, -0.2) is 8.42 Å². The van der Waals surface area contributed by atoms with Crippen LogP contribution in [0.15, 0.2) is 47.4 Å². The van der Waals surface area contributed by atoms with Crippen LogP contribution >= 0.6 is 11.6 Å². The zero-order valence-corrected chi connectivity index (χ0v) is 12.8. The van der Waals surface area contributed by atoms with Crippen molar-refractivity contribution in [3.05, 3.63) is 53.1 Å². The number of aliphatic hydroxyl groups excluding tert-OH is 1. The lowest BCUT2D eigenvalue weighted by Crippen LogP contribution is -2.13. The molecule has 0 aliphatic carbocycles. The molecule has 2 aromatic rings. The van der Waals surface area contributed by atoms with Gasteiger partial charge in [-0.15, -0.1) is 0 Å². The molecule has 0 amide bonds. The van der Waals surface area contributed by atoms with Gasteiger partial charge in [0.1, 0.15) is 5.75 Å². The second-order valence-electron chi connectivity index (χ2n) is 4.25. The first kappa shape index (κ1) is 15.6. The molecule has 0 spiro atoms. The molecular weight excluding hydrogens is 314 g/mol. The van der Waals surface area contributed by atoms with E-state index in [1.165, 1.54) is 25.3 Å². The summed E-state index contributed by atoms with van der Waals surface area (Å²) in [6.45, 7) is -0.332. The van der Waals surface area contributed by atoms with Crippen LogP contribution in [0.4, 0.5) is 5.69 Å². The van der Waals surface area contributed by atoms with E-state index in [9.17, 15) is 8.42 Å². The number of hydrogen-bond donors (Lipinski definition) is 2. The number of rotatable bonds is 5. The van der Waals surface area contributed by atoms with Crippen molar-refractivity contribution in [2.24, 2.45) is 0 Å². The van der Waals surface area contributed by atoms with Gasteiger partial charge in [-0.05, 0) is 35.9 Å². The highest BCUT2D eigenvalue weighted by molar-refractivity contribution is 7.92. The lowest BCUT2D eigenvalue weighted by molar-refractivity contribution is 0.281. The Morgan fingerprint density at radius 2 is 2.00 bits per heavy atom. The molecule has 2 N–H and O–H groups in total. The molecule has 112 valence electrons. The Morgan fingerprint density at radius 1 is 1.24 bits per heavy atom. The van der Waals surface area contributed by atoms with Crippen molar-refractivity contribution < 1.29 is 18.3 Å². The molecule has 7 heteroatoms. The fraction of sp³-hybridized carbons (Fsp3) is 0.143. The number of ether oxygens (including phenoxy) is 1. The number of halogens is 1. The van der Waals surface area contributed by atoms with Crippen molar-refractivity contribution in [2.75, 3.05) is 11.8 Å². The van der Waals surface area contributed by atoms with Crippen LogP contribution in [0.2, 0.25) is 5.02 Å². The van der Waals surface area contributed by atoms with Crippen molar-refractivity contribution in [1.29, 1.82) is 0 Å². The summed E-state index contributed by atoms with van der Waals surface area (Å²) in [6, 6.07) is 10.7. The van der Waals surface area contributed by atoms with Gasteiger partial charge in [-0.1, -0.05) is 17.7 Å². The smallest absolute Gasteiger partial charge is 0.261 e. The minimum absolute atomic E-state index is 0.0266. The Bertz CT molecular complexity index is 746. The Morgan fingerprint density at radius 3 is 2.67 bits per heavy atom. The van der Waals surface area contributed by atoms with E-state index < -0.39 is 10.0 Å². The largest absolute Gasteiger partial charge is 0.497 e. The Balaban J connectivity index is 2.33. The standard InChI is InChI=1S/C14H14ClNO4S/c1-20-12-4-2-3-11(8-12)16-21(18,19)13-5-6-14(15)10(7-13)9-17/h2-8,16-17H,9H2,1H3. The first-order chi connectivity index (χ1) is 9.96. The highest BCUT2D eigenvalue weighted by Gasteiger charge is 2.16. The molecule has 21 heavy (non-hydrogen) atoms. The predicted molar refractivity (Wildman–Crippen MR) is 81.2 cm³/mol. The highest BCUT2D eigenvalue weighted by atomic mass is 35.5. The van der Waals surface area contributed by atoms with Crippen molar-refractivity contribution in [3.63, 3.8) is 0 Å². The third-order valence-electron chi connectivity index (χ3n) is 2.82. The summed E-state index contributed by atoms with van der Waals surface area (Å²) < 4.78 is 32.1. The van der Waals surface area contributed by atoms with E-state index in [0.29, 0.717) is 22.0 Å².